The molecule has 61 heavy (non-hydrogen) atoms. The first-order valence-electron chi connectivity index (χ1n) is 22.5. The van der Waals surface area contributed by atoms with Crippen LogP contribution in [-0.4, -0.2) is 0 Å². The van der Waals surface area contributed by atoms with E-state index < -0.39 is 16.6 Å². The average molecular weight is 868 g/mol. The minimum Gasteiger partial charge on any atom is -1.00 e. The van der Waals surface area contributed by atoms with Crippen molar-refractivity contribution in [1.29, 1.82) is 0 Å². The molecule has 1 saturated heterocycles. The number of allylic oxidation sites excluding steroid dienone is 2. The fourth-order valence-electron chi connectivity index (χ4n) is 13.3. The molecule has 302 valence electrons. The van der Waals surface area contributed by atoms with Crippen LogP contribution in [0.4, 0.5) is 0 Å². The van der Waals surface area contributed by atoms with Crippen LogP contribution in [0.25, 0.3) is 77.5 Å². The normalized spacial score (nSPS) is 21.4. The predicted molar refractivity (Wildman–Crippen MR) is 251 cm³/mol. The van der Waals surface area contributed by atoms with Gasteiger partial charge in [0.2, 0.25) is 0 Å². The Bertz CT molecular complexity index is 2790. The van der Waals surface area contributed by atoms with Crippen molar-refractivity contribution < 1.29 is 41.4 Å². The fourth-order valence-corrected chi connectivity index (χ4v) is 27.8. The molecule has 4 atom stereocenters. The van der Waals surface area contributed by atoms with E-state index in [1.807, 2.05) is 0 Å². The number of hydrogen-bond acceptors (Lipinski definition) is 0. The van der Waals surface area contributed by atoms with E-state index in [2.05, 4.69) is 185 Å². The van der Waals surface area contributed by atoms with Gasteiger partial charge in [-0.2, -0.15) is 0 Å². The van der Waals surface area contributed by atoms with Crippen molar-refractivity contribution in [2.75, 3.05) is 0 Å². The Hall–Kier alpha value is -4.43. The van der Waals surface area contributed by atoms with Gasteiger partial charge in [0, 0.05) is 0 Å². The third kappa shape index (κ3) is 5.89. The second-order valence-electron chi connectivity index (χ2n) is 19.0. The van der Waals surface area contributed by atoms with Crippen molar-refractivity contribution in [2.24, 2.45) is 11.8 Å². The van der Waals surface area contributed by atoms with Crippen molar-refractivity contribution in [2.45, 2.75) is 70.3 Å². The quantitative estimate of drug-likeness (QED) is 0.115. The van der Waals surface area contributed by atoms with E-state index in [1.54, 1.807) is 22.3 Å². The number of hydrogen-bond donors (Lipinski definition) is 0. The number of halogens is 2. The molecule has 8 aromatic carbocycles. The molecule has 0 N–H and O–H groups in total. The Labute approximate surface area is 377 Å². The van der Waals surface area contributed by atoms with Gasteiger partial charge in [-0.25, -0.2) is 0 Å². The molecule has 4 aliphatic rings. The second kappa shape index (κ2) is 15.4. The molecule has 1 saturated carbocycles. The largest absolute Gasteiger partial charge is 1.00 e. The number of rotatable bonds is 6. The molecule has 3 aliphatic carbocycles. The number of fused-ring (bicyclic) bond motifs is 7. The van der Waals surface area contributed by atoms with E-state index in [9.17, 15) is 0 Å². The van der Waals surface area contributed by atoms with Gasteiger partial charge in [-0.15, -0.1) is 0 Å². The van der Waals surface area contributed by atoms with Gasteiger partial charge in [-0.3, -0.25) is 0 Å². The summed E-state index contributed by atoms with van der Waals surface area (Å²) in [5.41, 5.74) is 15.5. The van der Waals surface area contributed by atoms with Gasteiger partial charge < -0.3 is 24.8 Å². The van der Waals surface area contributed by atoms with Crippen LogP contribution in [-0.2, 0) is 16.6 Å². The van der Waals surface area contributed by atoms with Crippen LogP contribution in [0.2, 0.25) is 8.45 Å². The molecule has 0 radical (unpaired) electrons. The van der Waals surface area contributed by atoms with E-state index >= 15 is 0 Å². The molecule has 0 bridgehead atoms. The summed E-state index contributed by atoms with van der Waals surface area (Å²) in [6, 6.07) is 56.1. The Balaban J connectivity index is 0.00000223. The summed E-state index contributed by atoms with van der Waals surface area (Å²) in [6.45, 7) is 10.0. The van der Waals surface area contributed by atoms with Crippen LogP contribution in [0.15, 0.2) is 157 Å². The van der Waals surface area contributed by atoms with Crippen LogP contribution in [0.5, 0.6) is 0 Å². The minimum atomic E-state index is -2.93. The summed E-state index contributed by atoms with van der Waals surface area (Å²) in [5.74, 6) is 0.991. The van der Waals surface area contributed by atoms with E-state index in [0.717, 1.165) is 8.45 Å². The maximum Gasteiger partial charge on any atom is -1.00 e. The summed E-state index contributed by atoms with van der Waals surface area (Å²) >= 11 is -2.93. The molecule has 1 aliphatic heterocycles. The first kappa shape index (κ1) is 40.6. The third-order valence-electron chi connectivity index (χ3n) is 15.5. The molecule has 1 heterocycles. The van der Waals surface area contributed by atoms with Gasteiger partial charge in [0.05, 0.1) is 0 Å². The molecule has 8 aromatic rings. The standard InChI is InChI=1S/2C26H21.C6H10.2ClH.Ti/c2*1-17(2)21-15-20-10-7-13-24(25(20)16-21)26-22-11-5-3-8-18(22)14-19-9-4-6-12-23(19)26;1-2-4-6-5-3-1;;;/h2*3-17H,1-2H3;1-2H,3-6H2;2*1H;/q;;;;;+2/p-2. The van der Waals surface area contributed by atoms with Crippen LogP contribution in [0.3, 0.4) is 0 Å². The summed E-state index contributed by atoms with van der Waals surface area (Å²) < 4.78 is 2.95. The summed E-state index contributed by atoms with van der Waals surface area (Å²) in [4.78, 5) is 0. The molecule has 4 unspecified atom stereocenters. The summed E-state index contributed by atoms with van der Waals surface area (Å²) in [7, 11) is 0. The molecular weight excluding hydrogens is 815 g/mol. The molecular formula is C58H52Cl2Ti. The van der Waals surface area contributed by atoms with Gasteiger partial charge in [0.15, 0.2) is 0 Å². The molecule has 0 spiro atoms. The van der Waals surface area contributed by atoms with Gasteiger partial charge in [0.1, 0.15) is 0 Å². The molecule has 3 heteroatoms. The molecule has 0 amide bonds. The zero-order chi connectivity index (χ0) is 39.6. The zero-order valence-corrected chi connectivity index (χ0v) is 38.6. The molecule has 2 fully saturated rings. The van der Waals surface area contributed by atoms with Crippen molar-refractivity contribution in [3.63, 3.8) is 0 Å². The Morgan fingerprint density at radius 1 is 0.426 bits per heavy atom. The predicted octanol–water partition coefficient (Wildman–Crippen LogP) is 10.8. The monoisotopic (exact) mass is 866 g/mol. The smallest absolute Gasteiger partial charge is 1.00 e. The Kier molecular flexibility index (Phi) is 10.3. The number of benzene rings is 8. The topological polar surface area (TPSA) is 0 Å². The van der Waals surface area contributed by atoms with Gasteiger partial charge in [-0.1, -0.05) is 0 Å². The van der Waals surface area contributed by atoms with Crippen molar-refractivity contribution in [3.8, 4) is 22.3 Å². The van der Waals surface area contributed by atoms with Crippen molar-refractivity contribution in [3.05, 3.63) is 179 Å². The molecule has 12 rings (SSSR count). The van der Waals surface area contributed by atoms with E-state index in [1.165, 1.54) is 102 Å². The minimum absolute atomic E-state index is 0. The van der Waals surface area contributed by atoms with Crippen LogP contribution in [0.1, 0.15) is 84.1 Å². The summed E-state index contributed by atoms with van der Waals surface area (Å²) in [5, 5.41) is 10.8. The van der Waals surface area contributed by atoms with E-state index in [0.29, 0.717) is 20.3 Å². The fraction of sp³-hybridized carbons (Fsp3) is 0.241. The second-order valence-corrected chi connectivity index (χ2v) is 26.2. The Morgan fingerprint density at radius 3 is 1.11 bits per heavy atom. The van der Waals surface area contributed by atoms with Crippen LogP contribution in [0, 0.1) is 11.8 Å². The van der Waals surface area contributed by atoms with Gasteiger partial charge in [-0.05, 0) is 0 Å². The maximum atomic E-state index is 2.74. The maximum absolute atomic E-state index is 2.93. The first-order valence-corrected chi connectivity index (χ1v) is 26.1. The van der Waals surface area contributed by atoms with Crippen LogP contribution >= 0.6 is 0 Å². The molecule has 0 nitrogen and oxygen atoms in total. The van der Waals surface area contributed by atoms with Gasteiger partial charge >= 0.3 is 355 Å². The van der Waals surface area contributed by atoms with E-state index in [-0.39, 0.29) is 24.8 Å². The van der Waals surface area contributed by atoms with E-state index in [4.69, 9.17) is 0 Å². The average Bonchev–Trinajstić information content (AvgIpc) is 3.51. The van der Waals surface area contributed by atoms with Crippen molar-refractivity contribution >= 4 is 55.2 Å². The van der Waals surface area contributed by atoms with Crippen molar-refractivity contribution in [1.82, 2.24) is 0 Å². The third-order valence-corrected chi connectivity index (χ3v) is 26.3. The summed E-state index contributed by atoms with van der Waals surface area (Å²) in [6.07, 6.45) is 11.1. The zero-order valence-electron chi connectivity index (χ0n) is 35.6. The SMILES string of the molecule is CC(C)C1=Cc2c(-c3c4ccccc4cc4ccccc34)cccc2[CH]1[Ti+2]1([CH]2C(C(C)C)=Cc3c(-c4c5ccccc5cc5ccccc45)cccc32)[CH]2CCCC[CH]21.[Cl-].[Cl-]. The van der Waals surface area contributed by atoms with Crippen LogP contribution < -0.4 is 24.8 Å². The Morgan fingerprint density at radius 2 is 0.770 bits per heavy atom. The van der Waals surface area contributed by atoms with Gasteiger partial charge in [0.25, 0.3) is 0 Å². The first-order chi connectivity index (χ1) is 28.9. The molecule has 0 aromatic heterocycles.